The summed E-state index contributed by atoms with van der Waals surface area (Å²) in [5, 5.41) is 12.8. The van der Waals surface area contributed by atoms with Gasteiger partial charge in [0.25, 0.3) is 5.91 Å². The van der Waals surface area contributed by atoms with Gasteiger partial charge in [0.05, 0.1) is 12.1 Å². The molecular weight excluding hydrogens is 440 g/mol. The number of imide groups is 1. The zero-order valence-electron chi connectivity index (χ0n) is 18.4. The fourth-order valence-electron chi connectivity index (χ4n) is 4.04. The summed E-state index contributed by atoms with van der Waals surface area (Å²) in [6.45, 7) is 2.96. The molecule has 0 bridgehead atoms. The molecular formula is C23H24N6O5. The number of piperazine rings is 1. The third kappa shape index (κ3) is 4.64. The van der Waals surface area contributed by atoms with Crippen molar-refractivity contribution in [3.05, 3.63) is 48.2 Å². The van der Waals surface area contributed by atoms with Gasteiger partial charge in [-0.1, -0.05) is 18.2 Å². The molecule has 0 saturated carbocycles. The number of nitrogens with one attached hydrogen (secondary N) is 3. The lowest BCUT2D eigenvalue weighted by Crippen LogP contribution is -2.51. The van der Waals surface area contributed by atoms with Gasteiger partial charge in [-0.15, -0.1) is 0 Å². The van der Waals surface area contributed by atoms with Gasteiger partial charge in [0.15, 0.2) is 17.2 Å². The van der Waals surface area contributed by atoms with Crippen molar-refractivity contribution in [1.82, 2.24) is 25.3 Å². The second-order valence-electron chi connectivity index (χ2n) is 8.05. The summed E-state index contributed by atoms with van der Waals surface area (Å²) in [7, 11) is 0. The SMILES string of the molecule is O=C(CN1CCN(C(=O)c2n[nH]c3ccccc23)CC1)NC(=O)Nc1ccc2c(c1)OCCO2. The van der Waals surface area contributed by atoms with E-state index in [9.17, 15) is 14.4 Å². The van der Waals surface area contributed by atoms with Crippen molar-refractivity contribution in [2.45, 2.75) is 0 Å². The van der Waals surface area contributed by atoms with Crippen molar-refractivity contribution in [2.75, 3.05) is 51.3 Å². The fraction of sp³-hybridized carbons (Fsp3) is 0.304. The zero-order valence-corrected chi connectivity index (χ0v) is 18.4. The van der Waals surface area contributed by atoms with Crippen LogP contribution in [-0.4, -0.2) is 83.8 Å². The average Bonchev–Trinajstić information content (AvgIpc) is 3.28. The van der Waals surface area contributed by atoms with E-state index in [1.165, 1.54) is 0 Å². The number of H-pyrrole nitrogens is 1. The molecule has 2 aromatic carbocycles. The topological polar surface area (TPSA) is 129 Å². The first-order chi connectivity index (χ1) is 16.6. The van der Waals surface area contributed by atoms with Crippen LogP contribution in [-0.2, 0) is 4.79 Å². The number of carbonyl (C=O) groups is 3. The van der Waals surface area contributed by atoms with E-state index in [1.807, 2.05) is 29.2 Å². The number of nitrogens with zero attached hydrogens (tertiary/aromatic N) is 3. The van der Waals surface area contributed by atoms with Crippen molar-refractivity contribution >= 4 is 34.4 Å². The van der Waals surface area contributed by atoms with Crippen molar-refractivity contribution in [1.29, 1.82) is 0 Å². The minimum Gasteiger partial charge on any atom is -0.486 e. The number of hydrogen-bond acceptors (Lipinski definition) is 7. The van der Waals surface area contributed by atoms with Crippen molar-refractivity contribution < 1.29 is 23.9 Å². The van der Waals surface area contributed by atoms with Crippen LogP contribution in [0.4, 0.5) is 10.5 Å². The quantitative estimate of drug-likeness (QED) is 0.533. The summed E-state index contributed by atoms with van der Waals surface area (Å²) in [6.07, 6.45) is 0. The van der Waals surface area contributed by atoms with E-state index < -0.39 is 11.9 Å². The molecule has 3 aromatic rings. The Morgan fingerprint density at radius 3 is 2.56 bits per heavy atom. The van der Waals surface area contributed by atoms with E-state index >= 15 is 0 Å². The summed E-state index contributed by atoms with van der Waals surface area (Å²) < 4.78 is 10.9. The molecule has 2 aliphatic heterocycles. The van der Waals surface area contributed by atoms with Crippen molar-refractivity contribution in [3.63, 3.8) is 0 Å². The molecule has 3 heterocycles. The molecule has 1 aromatic heterocycles. The highest BCUT2D eigenvalue weighted by atomic mass is 16.6. The molecule has 2 aliphatic rings. The van der Waals surface area contributed by atoms with Gasteiger partial charge in [-0.3, -0.25) is 24.9 Å². The average molecular weight is 464 g/mol. The Hall–Kier alpha value is -4.12. The summed E-state index contributed by atoms with van der Waals surface area (Å²) in [5.41, 5.74) is 1.71. The Kier molecular flexibility index (Phi) is 6.00. The fourth-order valence-corrected chi connectivity index (χ4v) is 4.04. The molecule has 11 heteroatoms. The molecule has 0 unspecified atom stereocenters. The zero-order chi connectivity index (χ0) is 23.5. The lowest BCUT2D eigenvalue weighted by molar-refractivity contribution is -0.121. The van der Waals surface area contributed by atoms with E-state index in [0.29, 0.717) is 62.3 Å². The van der Waals surface area contributed by atoms with Gasteiger partial charge < -0.3 is 19.7 Å². The van der Waals surface area contributed by atoms with Gasteiger partial charge >= 0.3 is 6.03 Å². The van der Waals surface area contributed by atoms with Crippen molar-refractivity contribution in [2.24, 2.45) is 0 Å². The maximum Gasteiger partial charge on any atom is 0.325 e. The Bertz CT molecular complexity index is 1230. The smallest absolute Gasteiger partial charge is 0.325 e. The largest absolute Gasteiger partial charge is 0.486 e. The first-order valence-electron chi connectivity index (χ1n) is 11.0. The van der Waals surface area contributed by atoms with Gasteiger partial charge in [-0.2, -0.15) is 5.10 Å². The highest BCUT2D eigenvalue weighted by Crippen LogP contribution is 2.32. The van der Waals surface area contributed by atoms with Crippen LogP contribution in [0.2, 0.25) is 0 Å². The van der Waals surface area contributed by atoms with Crippen LogP contribution in [0.5, 0.6) is 11.5 Å². The van der Waals surface area contributed by atoms with E-state index in [2.05, 4.69) is 20.8 Å². The van der Waals surface area contributed by atoms with Crippen LogP contribution in [0.3, 0.4) is 0 Å². The van der Waals surface area contributed by atoms with Gasteiger partial charge in [0.2, 0.25) is 5.91 Å². The second-order valence-corrected chi connectivity index (χ2v) is 8.05. The Morgan fingerprint density at radius 1 is 0.971 bits per heavy atom. The molecule has 0 atom stereocenters. The summed E-state index contributed by atoms with van der Waals surface area (Å²) in [4.78, 5) is 41.1. The third-order valence-corrected chi connectivity index (χ3v) is 5.75. The van der Waals surface area contributed by atoms with Crippen molar-refractivity contribution in [3.8, 4) is 11.5 Å². The molecule has 0 aliphatic carbocycles. The molecule has 34 heavy (non-hydrogen) atoms. The molecule has 176 valence electrons. The Morgan fingerprint density at radius 2 is 1.74 bits per heavy atom. The molecule has 5 rings (SSSR count). The number of hydrogen-bond donors (Lipinski definition) is 3. The molecule has 4 amide bonds. The van der Waals surface area contributed by atoms with Gasteiger partial charge in [-0.05, 0) is 18.2 Å². The first kappa shape index (κ1) is 21.7. The summed E-state index contributed by atoms with van der Waals surface area (Å²) >= 11 is 0. The number of anilines is 1. The molecule has 1 saturated heterocycles. The van der Waals surface area contributed by atoms with E-state index in [-0.39, 0.29) is 12.5 Å². The maximum atomic E-state index is 12.9. The van der Waals surface area contributed by atoms with Gasteiger partial charge in [-0.25, -0.2) is 4.79 Å². The summed E-state index contributed by atoms with van der Waals surface area (Å²) in [6, 6.07) is 11.9. The predicted molar refractivity (Wildman–Crippen MR) is 123 cm³/mol. The molecule has 0 spiro atoms. The van der Waals surface area contributed by atoms with Crippen LogP contribution >= 0.6 is 0 Å². The summed E-state index contributed by atoms with van der Waals surface area (Å²) in [5.74, 6) is 0.602. The highest BCUT2D eigenvalue weighted by molar-refractivity contribution is 6.04. The van der Waals surface area contributed by atoms with Crippen LogP contribution in [0, 0.1) is 0 Å². The van der Waals surface area contributed by atoms with E-state index in [1.54, 1.807) is 23.1 Å². The monoisotopic (exact) mass is 464 g/mol. The van der Waals surface area contributed by atoms with Crippen LogP contribution in [0.25, 0.3) is 10.9 Å². The number of rotatable bonds is 4. The Labute approximate surface area is 195 Å². The number of ether oxygens (including phenoxy) is 2. The number of urea groups is 1. The minimum absolute atomic E-state index is 0.0575. The van der Waals surface area contributed by atoms with Gasteiger partial charge in [0.1, 0.15) is 13.2 Å². The highest BCUT2D eigenvalue weighted by Gasteiger charge is 2.26. The van der Waals surface area contributed by atoms with E-state index in [4.69, 9.17) is 9.47 Å². The standard InChI is InChI=1S/C23H24N6O5/c30-20(25-23(32)24-15-5-6-18-19(13-15)34-12-11-33-18)14-28-7-9-29(10-8-28)22(31)21-16-3-1-2-4-17(16)26-27-21/h1-6,13H,7-12,14H2,(H,26,27)(H2,24,25,30,32). The number of benzene rings is 2. The second kappa shape index (κ2) is 9.40. The lowest BCUT2D eigenvalue weighted by Gasteiger charge is -2.33. The minimum atomic E-state index is -0.624. The number of aromatic nitrogens is 2. The number of amides is 4. The van der Waals surface area contributed by atoms with E-state index in [0.717, 1.165) is 10.9 Å². The number of aromatic amines is 1. The number of para-hydroxylation sites is 1. The normalized spacial score (nSPS) is 15.7. The predicted octanol–water partition coefficient (Wildman–Crippen LogP) is 1.44. The molecule has 3 N–H and O–H groups in total. The molecule has 0 radical (unpaired) electrons. The molecule has 11 nitrogen and oxygen atoms in total. The molecule has 1 fully saturated rings. The third-order valence-electron chi connectivity index (χ3n) is 5.75. The van der Waals surface area contributed by atoms with Crippen LogP contribution < -0.4 is 20.1 Å². The maximum absolute atomic E-state index is 12.9. The Balaban J connectivity index is 1.09. The number of fused-ring (bicyclic) bond motifs is 2. The lowest BCUT2D eigenvalue weighted by atomic mass is 10.2. The van der Waals surface area contributed by atoms with Crippen LogP contribution in [0.1, 0.15) is 10.5 Å². The first-order valence-corrected chi connectivity index (χ1v) is 11.0. The van der Waals surface area contributed by atoms with Crippen LogP contribution in [0.15, 0.2) is 42.5 Å². The number of carbonyl (C=O) groups excluding carboxylic acids is 3. The van der Waals surface area contributed by atoms with Gasteiger partial charge in [0, 0.05) is 43.3 Å².